The van der Waals surface area contributed by atoms with Crippen LogP contribution >= 0.6 is 0 Å². The number of nitrogens with one attached hydrogen (secondary N) is 3. The molecule has 2 aliphatic rings. The van der Waals surface area contributed by atoms with Crippen molar-refractivity contribution in [2.24, 2.45) is 5.92 Å². The van der Waals surface area contributed by atoms with Gasteiger partial charge in [-0.2, -0.15) is 0 Å². The third-order valence-corrected chi connectivity index (χ3v) is 10.2. The minimum atomic E-state index is -1.55. The molecule has 0 fully saturated rings. The van der Waals surface area contributed by atoms with E-state index in [-0.39, 0.29) is 67.7 Å². The van der Waals surface area contributed by atoms with Crippen molar-refractivity contribution < 1.29 is 48.1 Å². The molecule has 5 amide bonds. The Hall–Kier alpha value is -6.82. The van der Waals surface area contributed by atoms with Crippen LogP contribution in [-0.2, 0) is 54.8 Å². The first-order valence-corrected chi connectivity index (χ1v) is 18.9. The number of anilines is 1. The van der Waals surface area contributed by atoms with Gasteiger partial charge < -0.3 is 49.6 Å². The number of hydrogen-bond acceptors (Lipinski definition) is 12. The quantitative estimate of drug-likeness (QED) is 0.0938. The van der Waals surface area contributed by atoms with Crippen LogP contribution < -0.4 is 26.2 Å². The third-order valence-electron chi connectivity index (χ3n) is 10.2. The molecular formula is C41H45N7O11. The standard InChI is InChI=1S/C41H45N7O11/c1-6-26-27-15-25(11-12-31(27)45-35-29(26)18-48-32(35)16-28-30(38(48)53)20-57-39(54)36(28)51)59-41(56)47(5)14-13-46(4)40(55)58-19-23-7-9-24(10-8-23)44-33(50)17-42-37(52)34(22(2)3)43-21-49/h7-12,15-16,21-22,34,36,51H,6,13-14,17-20H2,1-5H3,(H,42,52)(H,43,49)(H,44,50). The van der Waals surface area contributed by atoms with Crippen LogP contribution in [0.1, 0.15) is 54.7 Å². The Morgan fingerprint density at radius 1 is 1.02 bits per heavy atom. The summed E-state index contributed by atoms with van der Waals surface area (Å²) in [4.78, 5) is 94.1. The summed E-state index contributed by atoms with van der Waals surface area (Å²) in [7, 11) is 3.08. The minimum absolute atomic E-state index is 0.0462. The van der Waals surface area contributed by atoms with Crippen LogP contribution in [0, 0.1) is 5.92 Å². The topological polar surface area (TPSA) is 228 Å². The summed E-state index contributed by atoms with van der Waals surface area (Å²) in [6.45, 7) is 5.49. The van der Waals surface area contributed by atoms with Crippen molar-refractivity contribution in [1.29, 1.82) is 0 Å². The molecule has 18 heteroatoms. The smallest absolute Gasteiger partial charge is 0.415 e. The summed E-state index contributed by atoms with van der Waals surface area (Å²) in [5, 5.41) is 18.8. The fourth-order valence-electron chi connectivity index (χ4n) is 6.88. The highest BCUT2D eigenvalue weighted by atomic mass is 16.6. The Bertz CT molecular complexity index is 2380. The molecule has 2 aromatic carbocycles. The summed E-state index contributed by atoms with van der Waals surface area (Å²) in [5.74, 6) is -1.62. The van der Waals surface area contributed by atoms with Gasteiger partial charge in [0.25, 0.3) is 5.56 Å². The molecule has 0 radical (unpaired) electrons. The third kappa shape index (κ3) is 9.02. The highest BCUT2D eigenvalue weighted by molar-refractivity contribution is 5.95. The van der Waals surface area contributed by atoms with Gasteiger partial charge >= 0.3 is 18.2 Å². The van der Waals surface area contributed by atoms with E-state index in [0.717, 1.165) is 16.5 Å². The molecule has 6 rings (SSSR count). The SMILES string of the molecule is CCc1c2c(nc3ccc(OC(=O)N(C)CCN(C)C(=O)OCc4ccc(NC(=O)CNC(=O)C(NC=O)C(C)C)cc4)cc13)-c1cc3c(c(=O)n1C2)COC(=O)C3O. The van der Waals surface area contributed by atoms with E-state index in [0.29, 0.717) is 41.0 Å². The number of esters is 1. The monoisotopic (exact) mass is 811 g/mol. The first kappa shape index (κ1) is 41.8. The van der Waals surface area contributed by atoms with Crippen LogP contribution in [0.15, 0.2) is 53.3 Å². The Labute approximate surface area is 338 Å². The number of aromatic nitrogens is 2. The lowest BCUT2D eigenvalue weighted by molar-refractivity contribution is -0.157. The van der Waals surface area contributed by atoms with E-state index in [1.807, 2.05) is 6.92 Å². The van der Waals surface area contributed by atoms with Gasteiger partial charge in [-0.15, -0.1) is 0 Å². The maximum Gasteiger partial charge on any atom is 0.415 e. The Balaban J connectivity index is 0.989. The van der Waals surface area contributed by atoms with Crippen molar-refractivity contribution in [3.05, 3.63) is 86.7 Å². The van der Waals surface area contributed by atoms with E-state index in [4.69, 9.17) is 19.2 Å². The zero-order valence-electron chi connectivity index (χ0n) is 33.2. The summed E-state index contributed by atoms with van der Waals surface area (Å²) >= 11 is 0. The second-order valence-corrected chi connectivity index (χ2v) is 14.5. The molecule has 0 saturated heterocycles. The largest absolute Gasteiger partial charge is 0.458 e. The van der Waals surface area contributed by atoms with Crippen molar-refractivity contribution in [3.63, 3.8) is 0 Å². The van der Waals surface area contributed by atoms with Gasteiger partial charge in [0.1, 0.15) is 25.0 Å². The molecule has 18 nitrogen and oxygen atoms in total. The van der Waals surface area contributed by atoms with Crippen LogP contribution in [0.4, 0.5) is 15.3 Å². The van der Waals surface area contributed by atoms with Gasteiger partial charge in [-0.3, -0.25) is 19.2 Å². The molecule has 4 aromatic rings. The number of aliphatic hydroxyl groups excluding tert-OH is 1. The fraction of sp³-hybridized carbons (Fsp3) is 0.366. The fourth-order valence-corrected chi connectivity index (χ4v) is 6.88. The summed E-state index contributed by atoms with van der Waals surface area (Å²) in [6.07, 6.45) is -1.79. The van der Waals surface area contributed by atoms with Gasteiger partial charge in [0.2, 0.25) is 18.2 Å². The van der Waals surface area contributed by atoms with Crippen LogP contribution in [-0.4, -0.2) is 101 Å². The van der Waals surface area contributed by atoms with E-state index in [9.17, 15) is 38.7 Å². The van der Waals surface area contributed by atoms with E-state index in [1.165, 1.54) is 16.8 Å². The predicted molar refractivity (Wildman–Crippen MR) is 212 cm³/mol. The first-order chi connectivity index (χ1) is 28.2. The van der Waals surface area contributed by atoms with E-state index >= 15 is 0 Å². The Morgan fingerprint density at radius 3 is 2.41 bits per heavy atom. The van der Waals surface area contributed by atoms with Gasteiger partial charge in [0.05, 0.1) is 35.6 Å². The molecule has 310 valence electrons. The molecule has 4 N–H and O–H groups in total. The van der Waals surface area contributed by atoms with Crippen molar-refractivity contribution >= 4 is 53.0 Å². The predicted octanol–water partition coefficient (Wildman–Crippen LogP) is 2.60. The van der Waals surface area contributed by atoms with E-state index in [1.54, 1.807) is 74.0 Å². The lowest BCUT2D eigenvalue weighted by Crippen LogP contribution is -2.48. The van der Waals surface area contributed by atoms with Gasteiger partial charge in [0.15, 0.2) is 6.10 Å². The van der Waals surface area contributed by atoms with Crippen molar-refractivity contribution in [3.8, 4) is 17.1 Å². The number of ether oxygens (including phenoxy) is 3. The van der Waals surface area contributed by atoms with E-state index < -0.39 is 42.1 Å². The summed E-state index contributed by atoms with van der Waals surface area (Å²) in [6, 6.07) is 12.5. The van der Waals surface area contributed by atoms with Crippen molar-refractivity contribution in [2.45, 2.75) is 59.1 Å². The number of benzene rings is 2. The highest BCUT2D eigenvalue weighted by Gasteiger charge is 2.34. The molecule has 59 heavy (non-hydrogen) atoms. The van der Waals surface area contributed by atoms with Gasteiger partial charge in [-0.1, -0.05) is 32.9 Å². The van der Waals surface area contributed by atoms with Gasteiger partial charge in [0, 0.05) is 49.4 Å². The number of carbonyl (C=O) groups is 6. The number of aliphatic hydroxyl groups is 1. The molecule has 2 unspecified atom stereocenters. The number of hydrogen-bond donors (Lipinski definition) is 4. The molecule has 4 heterocycles. The lowest BCUT2D eigenvalue weighted by Gasteiger charge is -2.22. The van der Waals surface area contributed by atoms with Crippen molar-refractivity contribution in [1.82, 2.24) is 30.0 Å². The lowest BCUT2D eigenvalue weighted by atomic mass is 9.97. The Morgan fingerprint density at radius 2 is 1.73 bits per heavy atom. The number of amides is 5. The van der Waals surface area contributed by atoms with Crippen LogP contribution in [0.2, 0.25) is 0 Å². The number of pyridine rings is 2. The van der Waals surface area contributed by atoms with Crippen molar-refractivity contribution in [2.75, 3.05) is 39.0 Å². The zero-order chi connectivity index (χ0) is 42.5. The maximum absolute atomic E-state index is 13.4. The number of nitrogens with zero attached hydrogens (tertiary/aromatic N) is 4. The number of aryl methyl sites for hydroxylation is 1. The second kappa shape index (κ2) is 17.8. The molecular weight excluding hydrogens is 766 g/mol. The normalized spacial score (nSPS) is 14.3. The first-order valence-electron chi connectivity index (χ1n) is 18.9. The highest BCUT2D eigenvalue weighted by Crippen LogP contribution is 2.38. The molecule has 0 bridgehead atoms. The van der Waals surface area contributed by atoms with Crippen LogP contribution in [0.3, 0.4) is 0 Å². The Kier molecular flexibility index (Phi) is 12.6. The molecule has 2 aliphatic heterocycles. The molecule has 2 aromatic heterocycles. The van der Waals surface area contributed by atoms with Crippen LogP contribution in [0.5, 0.6) is 5.75 Å². The second-order valence-electron chi connectivity index (χ2n) is 14.5. The average Bonchev–Trinajstić information content (AvgIpc) is 3.59. The average molecular weight is 812 g/mol. The van der Waals surface area contributed by atoms with Gasteiger partial charge in [-0.25, -0.2) is 19.4 Å². The molecule has 0 aliphatic carbocycles. The number of rotatable bonds is 14. The number of fused-ring (bicyclic) bond motifs is 5. The van der Waals surface area contributed by atoms with Gasteiger partial charge in [-0.05, 0) is 59.9 Å². The summed E-state index contributed by atoms with van der Waals surface area (Å²) < 4.78 is 17.7. The molecule has 0 spiro atoms. The molecule has 0 saturated carbocycles. The summed E-state index contributed by atoms with van der Waals surface area (Å²) in [5.41, 5.74) is 4.66. The zero-order valence-corrected chi connectivity index (χ0v) is 33.2. The molecule has 2 atom stereocenters. The number of carbonyl (C=O) groups excluding carboxylic acids is 6. The van der Waals surface area contributed by atoms with E-state index in [2.05, 4.69) is 16.0 Å². The minimum Gasteiger partial charge on any atom is -0.458 e. The number of cyclic esters (lactones) is 1. The van der Waals surface area contributed by atoms with Crippen LogP contribution in [0.25, 0.3) is 22.3 Å². The number of likely N-dealkylation sites (N-methyl/N-ethyl adjacent to an activating group) is 2. The maximum atomic E-state index is 13.4.